The Morgan fingerprint density at radius 2 is 1.79 bits per heavy atom. The van der Waals surface area contributed by atoms with Crippen LogP contribution in [0.15, 0.2) is 30.6 Å². The zero-order chi connectivity index (χ0) is 28.0. The van der Waals surface area contributed by atoms with Crippen LogP contribution in [0.5, 0.6) is 5.75 Å². The molecule has 1 aliphatic heterocycles. The molecular formula is C23H27F4N9O3. The summed E-state index contributed by atoms with van der Waals surface area (Å²) < 4.78 is 60.4. The predicted molar refractivity (Wildman–Crippen MR) is 128 cm³/mol. The molecule has 0 saturated carbocycles. The Labute approximate surface area is 220 Å². The van der Waals surface area contributed by atoms with Gasteiger partial charge in [-0.25, -0.2) is 8.78 Å². The van der Waals surface area contributed by atoms with E-state index >= 15 is 0 Å². The van der Waals surface area contributed by atoms with E-state index in [4.69, 9.17) is 0 Å². The van der Waals surface area contributed by atoms with Crippen molar-refractivity contribution in [2.45, 2.75) is 51.7 Å². The van der Waals surface area contributed by atoms with Crippen molar-refractivity contribution in [3.05, 3.63) is 47.7 Å². The quantitative estimate of drug-likeness (QED) is 0.243. The Morgan fingerprint density at radius 3 is 2.49 bits per heavy atom. The Hall–Kier alpha value is -4.08. The van der Waals surface area contributed by atoms with E-state index in [1.54, 1.807) is 15.8 Å². The van der Waals surface area contributed by atoms with E-state index in [-0.39, 0.29) is 49.1 Å². The normalized spacial score (nSPS) is 14.2. The SMILES string of the molecule is CC(F)(F)Oc1ccc(F)c(CNC(=O)c2cn(CCCCn3cc(NC(=O)CN4CC(F)C4)nn3)nn2)c1. The minimum atomic E-state index is -3.43. The third-order valence-electron chi connectivity index (χ3n) is 5.64. The second-order valence-electron chi connectivity index (χ2n) is 9.13. The van der Waals surface area contributed by atoms with Gasteiger partial charge in [0.25, 0.3) is 5.91 Å². The van der Waals surface area contributed by atoms with Gasteiger partial charge in [0.15, 0.2) is 11.5 Å². The van der Waals surface area contributed by atoms with Crippen LogP contribution in [-0.4, -0.2) is 78.6 Å². The first-order valence-electron chi connectivity index (χ1n) is 12.1. The number of alkyl halides is 3. The maximum atomic E-state index is 14.0. The molecular weight excluding hydrogens is 526 g/mol. The third kappa shape index (κ3) is 8.46. The highest BCUT2D eigenvalue weighted by Gasteiger charge is 2.27. The number of rotatable bonds is 13. The van der Waals surface area contributed by atoms with E-state index in [2.05, 4.69) is 36.0 Å². The van der Waals surface area contributed by atoms with E-state index in [1.807, 2.05) is 0 Å². The first-order valence-corrected chi connectivity index (χ1v) is 12.1. The number of likely N-dealkylation sites (tertiary alicyclic amines) is 1. The molecule has 4 rings (SSSR count). The summed E-state index contributed by atoms with van der Waals surface area (Å²) in [4.78, 5) is 26.0. The highest BCUT2D eigenvalue weighted by atomic mass is 19.3. The summed E-state index contributed by atoms with van der Waals surface area (Å²) in [6.07, 6.45) is 0.104. The molecule has 0 unspecified atom stereocenters. The van der Waals surface area contributed by atoms with Gasteiger partial charge >= 0.3 is 6.11 Å². The first kappa shape index (κ1) is 27.9. The van der Waals surface area contributed by atoms with E-state index in [0.29, 0.717) is 38.7 Å². The molecule has 2 aromatic heterocycles. The fourth-order valence-corrected chi connectivity index (χ4v) is 3.77. The van der Waals surface area contributed by atoms with E-state index in [0.717, 1.165) is 18.2 Å². The molecule has 3 aromatic rings. The van der Waals surface area contributed by atoms with Crippen LogP contribution in [0.3, 0.4) is 0 Å². The summed E-state index contributed by atoms with van der Waals surface area (Å²) in [5.74, 6) is -1.50. The van der Waals surface area contributed by atoms with Crippen LogP contribution < -0.4 is 15.4 Å². The number of carbonyl (C=O) groups excluding carboxylic acids is 2. The second-order valence-corrected chi connectivity index (χ2v) is 9.13. The van der Waals surface area contributed by atoms with Crippen LogP contribution in [0.25, 0.3) is 0 Å². The number of hydrogen-bond acceptors (Lipinski definition) is 8. The lowest BCUT2D eigenvalue weighted by molar-refractivity contribution is -0.159. The molecule has 1 aliphatic rings. The molecule has 0 aliphatic carbocycles. The molecule has 0 atom stereocenters. The number of benzene rings is 1. The topological polar surface area (TPSA) is 132 Å². The van der Waals surface area contributed by atoms with E-state index in [1.165, 1.54) is 10.9 Å². The number of hydrogen-bond donors (Lipinski definition) is 2. The number of unbranched alkanes of at least 4 members (excludes halogenated alkanes) is 1. The van der Waals surface area contributed by atoms with Crippen molar-refractivity contribution in [2.24, 2.45) is 0 Å². The first-order chi connectivity index (χ1) is 18.5. The number of halogens is 4. The van der Waals surface area contributed by atoms with Crippen molar-refractivity contribution in [2.75, 3.05) is 25.0 Å². The minimum absolute atomic E-state index is 0.0137. The lowest BCUT2D eigenvalue weighted by atomic mass is 10.2. The van der Waals surface area contributed by atoms with Crippen LogP contribution >= 0.6 is 0 Å². The van der Waals surface area contributed by atoms with Crippen LogP contribution in [0, 0.1) is 5.82 Å². The van der Waals surface area contributed by atoms with Gasteiger partial charge in [-0.2, -0.15) is 8.78 Å². The summed E-state index contributed by atoms with van der Waals surface area (Å²) in [6, 6.07) is 3.14. The maximum absolute atomic E-state index is 14.0. The van der Waals surface area contributed by atoms with E-state index < -0.39 is 24.0 Å². The van der Waals surface area contributed by atoms with Crippen LogP contribution in [0.1, 0.15) is 35.8 Å². The molecule has 2 amide bonds. The van der Waals surface area contributed by atoms with Gasteiger partial charge in [0.05, 0.1) is 18.9 Å². The molecule has 0 bridgehead atoms. The zero-order valence-electron chi connectivity index (χ0n) is 21.0. The van der Waals surface area contributed by atoms with Gasteiger partial charge < -0.3 is 15.4 Å². The van der Waals surface area contributed by atoms with Gasteiger partial charge in [-0.3, -0.25) is 23.9 Å². The number of nitrogens with zero attached hydrogens (tertiary/aromatic N) is 7. The molecule has 12 nitrogen and oxygen atoms in total. The maximum Gasteiger partial charge on any atom is 0.394 e. The molecule has 16 heteroatoms. The molecule has 210 valence electrons. The van der Waals surface area contributed by atoms with Crippen LogP contribution in [-0.2, 0) is 24.4 Å². The van der Waals surface area contributed by atoms with Crippen LogP contribution in [0.2, 0.25) is 0 Å². The third-order valence-corrected chi connectivity index (χ3v) is 5.64. The van der Waals surface area contributed by atoms with Crippen molar-refractivity contribution >= 4 is 17.6 Å². The minimum Gasteiger partial charge on any atom is -0.433 e. The van der Waals surface area contributed by atoms with Gasteiger partial charge in [-0.1, -0.05) is 10.4 Å². The summed E-state index contributed by atoms with van der Waals surface area (Å²) in [7, 11) is 0. The van der Waals surface area contributed by atoms with Crippen molar-refractivity contribution in [1.82, 2.24) is 40.2 Å². The van der Waals surface area contributed by atoms with Crippen molar-refractivity contribution in [1.29, 1.82) is 0 Å². The van der Waals surface area contributed by atoms with Crippen molar-refractivity contribution < 1.29 is 31.9 Å². The Kier molecular flexibility index (Phi) is 8.73. The Balaban J connectivity index is 1.16. The monoisotopic (exact) mass is 553 g/mol. The van der Waals surface area contributed by atoms with Gasteiger partial charge in [0.1, 0.15) is 17.7 Å². The highest BCUT2D eigenvalue weighted by Crippen LogP contribution is 2.23. The highest BCUT2D eigenvalue weighted by molar-refractivity contribution is 5.92. The number of anilines is 1. The molecule has 39 heavy (non-hydrogen) atoms. The largest absolute Gasteiger partial charge is 0.433 e. The average molecular weight is 554 g/mol. The van der Waals surface area contributed by atoms with Gasteiger partial charge in [-0.15, -0.1) is 10.2 Å². The molecule has 1 saturated heterocycles. The van der Waals surface area contributed by atoms with Crippen molar-refractivity contribution in [3.63, 3.8) is 0 Å². The number of amides is 2. The zero-order valence-corrected chi connectivity index (χ0v) is 21.0. The number of aryl methyl sites for hydroxylation is 2. The lowest BCUT2D eigenvalue weighted by Gasteiger charge is -2.33. The fraction of sp³-hybridized carbons (Fsp3) is 0.478. The Morgan fingerprint density at radius 1 is 1.10 bits per heavy atom. The smallest absolute Gasteiger partial charge is 0.394 e. The molecule has 1 fully saturated rings. The molecule has 1 aromatic carbocycles. The molecule has 3 heterocycles. The molecule has 2 N–H and O–H groups in total. The lowest BCUT2D eigenvalue weighted by Crippen LogP contribution is -2.51. The molecule has 0 radical (unpaired) electrons. The second kappa shape index (κ2) is 12.2. The summed E-state index contributed by atoms with van der Waals surface area (Å²) in [5, 5.41) is 20.7. The summed E-state index contributed by atoms with van der Waals surface area (Å²) >= 11 is 0. The molecule has 0 spiro atoms. The fourth-order valence-electron chi connectivity index (χ4n) is 3.77. The van der Waals surface area contributed by atoms with Crippen molar-refractivity contribution in [3.8, 4) is 5.75 Å². The summed E-state index contributed by atoms with van der Waals surface area (Å²) in [6.45, 7) is 1.91. The average Bonchev–Trinajstić information content (AvgIpc) is 3.50. The van der Waals surface area contributed by atoms with Gasteiger partial charge in [0, 0.05) is 45.2 Å². The number of aromatic nitrogens is 6. The summed E-state index contributed by atoms with van der Waals surface area (Å²) in [5.41, 5.74) is -0.0146. The standard InChI is InChI=1S/C23H27F4N9O3/c1-23(26,27)39-17-4-5-18(25)15(8-17)9-28-22(38)19-12-35(32-30-19)6-2-3-7-36-13-20(31-33-36)29-21(37)14-34-10-16(24)11-34/h4-5,8,12-13,16H,2-3,6-7,9-11,14H2,1H3,(H,28,38)(H,29,37). The number of nitrogens with one attached hydrogen (secondary N) is 2. The number of carbonyl (C=O) groups is 2. The number of ether oxygens (including phenoxy) is 1. The van der Waals surface area contributed by atoms with E-state index in [9.17, 15) is 27.2 Å². The Bertz CT molecular complexity index is 1290. The predicted octanol–water partition coefficient (Wildman–Crippen LogP) is 2.00. The van der Waals surface area contributed by atoms with Gasteiger partial charge in [-0.05, 0) is 31.0 Å². The van der Waals surface area contributed by atoms with Crippen LogP contribution in [0.4, 0.5) is 23.4 Å². The van der Waals surface area contributed by atoms with Gasteiger partial charge in [0.2, 0.25) is 5.91 Å².